The number of rotatable bonds is 7. The lowest BCUT2D eigenvalue weighted by atomic mass is 9.91. The number of aryl methyl sites for hydroxylation is 1. The van der Waals surface area contributed by atoms with Crippen molar-refractivity contribution in [2.45, 2.75) is 38.7 Å². The number of anilines is 3. The Bertz CT molecular complexity index is 1270. The van der Waals surface area contributed by atoms with Crippen LogP contribution >= 0.6 is 0 Å². The molecule has 184 valence electrons. The molecule has 0 saturated carbocycles. The minimum atomic E-state index is -1.66. The highest BCUT2D eigenvalue weighted by Gasteiger charge is 2.46. The molecule has 1 aliphatic heterocycles. The van der Waals surface area contributed by atoms with Crippen LogP contribution in [0.25, 0.3) is 11.1 Å². The maximum atomic E-state index is 14.0. The summed E-state index contributed by atoms with van der Waals surface area (Å²) in [5.41, 5.74) is 12.7. The predicted octanol–water partition coefficient (Wildman–Crippen LogP) is 3.56. The van der Waals surface area contributed by atoms with Crippen molar-refractivity contribution in [1.82, 2.24) is 9.97 Å². The zero-order chi connectivity index (χ0) is 25.3. The van der Waals surface area contributed by atoms with Crippen LogP contribution in [0.4, 0.5) is 26.2 Å². The van der Waals surface area contributed by atoms with E-state index in [9.17, 15) is 18.7 Å². The van der Waals surface area contributed by atoms with Crippen LogP contribution < -0.4 is 21.1 Å². The molecule has 10 heteroatoms. The number of aliphatic hydroxyl groups excluding tert-OH is 1. The summed E-state index contributed by atoms with van der Waals surface area (Å²) in [6.07, 6.45) is 1.54. The Labute approximate surface area is 201 Å². The van der Waals surface area contributed by atoms with Gasteiger partial charge >= 0.3 is 0 Å². The molecule has 0 fully saturated rings. The Morgan fingerprint density at radius 1 is 1.09 bits per heavy atom. The summed E-state index contributed by atoms with van der Waals surface area (Å²) < 4.78 is 34.1. The number of fused-ring (bicyclic) bond motifs is 1. The molecule has 2 aromatic carbocycles. The number of halogens is 2. The second-order valence-corrected chi connectivity index (χ2v) is 8.51. The summed E-state index contributed by atoms with van der Waals surface area (Å²) in [5, 5.41) is 9.25. The lowest BCUT2D eigenvalue weighted by Gasteiger charge is -2.41. The SMILES string of the molecule is CCc1nc(N)nc(N)c1-c1ccc2c(c1)N(CCCCO)C(=O)C(C)(c1cc(F)cc(F)c1)O2. The van der Waals surface area contributed by atoms with Crippen LogP contribution in [0.2, 0.25) is 0 Å². The largest absolute Gasteiger partial charge is 0.471 e. The quantitative estimate of drug-likeness (QED) is 0.439. The molecule has 5 N–H and O–H groups in total. The van der Waals surface area contributed by atoms with Gasteiger partial charge in [0.25, 0.3) is 5.91 Å². The van der Waals surface area contributed by atoms with E-state index in [1.54, 1.807) is 18.2 Å². The van der Waals surface area contributed by atoms with Crippen LogP contribution in [0.3, 0.4) is 0 Å². The molecular weight excluding hydrogens is 456 g/mol. The third kappa shape index (κ3) is 4.49. The number of aromatic nitrogens is 2. The molecule has 8 nitrogen and oxygen atoms in total. The Morgan fingerprint density at radius 2 is 1.80 bits per heavy atom. The zero-order valence-electron chi connectivity index (χ0n) is 19.5. The molecule has 1 amide bonds. The van der Waals surface area contributed by atoms with E-state index in [0.717, 1.165) is 18.2 Å². The number of aliphatic hydroxyl groups is 1. The fourth-order valence-electron chi connectivity index (χ4n) is 4.33. The Balaban J connectivity index is 1.85. The molecule has 1 unspecified atom stereocenters. The average Bonchev–Trinajstić information content (AvgIpc) is 2.80. The van der Waals surface area contributed by atoms with E-state index < -0.39 is 23.1 Å². The average molecular weight is 484 g/mol. The first-order valence-electron chi connectivity index (χ1n) is 11.3. The fourth-order valence-corrected chi connectivity index (χ4v) is 4.33. The van der Waals surface area contributed by atoms with Gasteiger partial charge in [-0.25, -0.2) is 13.8 Å². The topological polar surface area (TPSA) is 128 Å². The molecule has 4 rings (SSSR count). The van der Waals surface area contributed by atoms with Crippen molar-refractivity contribution in [2.24, 2.45) is 0 Å². The van der Waals surface area contributed by atoms with Crippen LogP contribution in [0.15, 0.2) is 36.4 Å². The Hall–Kier alpha value is -3.79. The summed E-state index contributed by atoms with van der Waals surface area (Å²) >= 11 is 0. The smallest absolute Gasteiger partial charge is 0.275 e. The molecule has 1 aliphatic rings. The van der Waals surface area contributed by atoms with Gasteiger partial charge in [-0.05, 0) is 56.0 Å². The zero-order valence-corrected chi connectivity index (χ0v) is 19.5. The number of hydrogen-bond donors (Lipinski definition) is 3. The molecule has 0 spiro atoms. The first-order valence-corrected chi connectivity index (χ1v) is 11.3. The van der Waals surface area contributed by atoms with Crippen LogP contribution in [-0.2, 0) is 16.8 Å². The first kappa shape index (κ1) is 24.3. The van der Waals surface area contributed by atoms with Crippen molar-refractivity contribution >= 4 is 23.4 Å². The van der Waals surface area contributed by atoms with E-state index in [4.69, 9.17) is 16.2 Å². The van der Waals surface area contributed by atoms with Crippen molar-refractivity contribution in [3.63, 3.8) is 0 Å². The van der Waals surface area contributed by atoms with Gasteiger partial charge in [0, 0.05) is 30.3 Å². The number of hydrogen-bond acceptors (Lipinski definition) is 7. The Kier molecular flexibility index (Phi) is 6.58. The van der Waals surface area contributed by atoms with Crippen LogP contribution in [0.1, 0.15) is 37.9 Å². The molecule has 0 bridgehead atoms. The number of nitrogens with two attached hydrogens (primary N) is 2. The number of nitrogens with zero attached hydrogens (tertiary/aromatic N) is 3. The first-order chi connectivity index (χ1) is 16.7. The highest BCUT2D eigenvalue weighted by Crippen LogP contribution is 2.45. The van der Waals surface area contributed by atoms with E-state index in [0.29, 0.717) is 47.5 Å². The van der Waals surface area contributed by atoms with Gasteiger partial charge < -0.3 is 26.2 Å². The predicted molar refractivity (Wildman–Crippen MR) is 129 cm³/mol. The lowest BCUT2D eigenvalue weighted by Crippen LogP contribution is -2.52. The maximum absolute atomic E-state index is 14.0. The number of carbonyl (C=O) groups is 1. The van der Waals surface area contributed by atoms with Crippen LogP contribution in [0.5, 0.6) is 5.75 Å². The normalized spacial score (nSPS) is 17.3. The molecule has 3 aromatic rings. The number of carbonyl (C=O) groups excluding carboxylic acids is 1. The molecule has 1 aromatic heterocycles. The third-order valence-electron chi connectivity index (χ3n) is 6.07. The van der Waals surface area contributed by atoms with Gasteiger partial charge in [0.2, 0.25) is 11.5 Å². The van der Waals surface area contributed by atoms with E-state index in [1.165, 1.54) is 11.8 Å². The van der Waals surface area contributed by atoms with Crippen molar-refractivity contribution in [3.05, 3.63) is 59.3 Å². The molecule has 0 saturated heterocycles. The molecular formula is C25H27F2N5O3. The fraction of sp³-hybridized carbons (Fsp3) is 0.320. The summed E-state index contributed by atoms with van der Waals surface area (Å²) in [4.78, 5) is 23.6. The monoisotopic (exact) mass is 483 g/mol. The van der Waals surface area contributed by atoms with Gasteiger partial charge in [-0.1, -0.05) is 13.0 Å². The molecule has 35 heavy (non-hydrogen) atoms. The van der Waals surface area contributed by atoms with Crippen LogP contribution in [0, 0.1) is 11.6 Å². The van der Waals surface area contributed by atoms with Crippen LogP contribution in [-0.4, -0.2) is 34.1 Å². The summed E-state index contributed by atoms with van der Waals surface area (Å²) in [6, 6.07) is 8.11. The molecule has 0 aliphatic carbocycles. The summed E-state index contributed by atoms with van der Waals surface area (Å²) in [6.45, 7) is 3.64. The lowest BCUT2D eigenvalue weighted by molar-refractivity contribution is -0.135. The number of benzene rings is 2. The summed E-state index contributed by atoms with van der Waals surface area (Å²) in [7, 11) is 0. The van der Waals surface area contributed by atoms with E-state index >= 15 is 0 Å². The van der Waals surface area contributed by atoms with Crippen molar-refractivity contribution in [3.8, 4) is 16.9 Å². The minimum absolute atomic E-state index is 0.0308. The van der Waals surface area contributed by atoms with E-state index in [2.05, 4.69) is 9.97 Å². The highest BCUT2D eigenvalue weighted by molar-refractivity contribution is 6.04. The van der Waals surface area contributed by atoms with Gasteiger partial charge in [0.1, 0.15) is 23.2 Å². The molecule has 1 atom stereocenters. The maximum Gasteiger partial charge on any atom is 0.275 e. The Morgan fingerprint density at radius 3 is 2.46 bits per heavy atom. The van der Waals surface area contributed by atoms with Crippen molar-refractivity contribution in [2.75, 3.05) is 29.5 Å². The van der Waals surface area contributed by atoms with Gasteiger partial charge in [0.15, 0.2) is 0 Å². The van der Waals surface area contributed by atoms with Crippen molar-refractivity contribution < 1.29 is 23.4 Å². The number of nitrogen functional groups attached to an aromatic ring is 2. The van der Waals surface area contributed by atoms with E-state index in [-0.39, 0.29) is 30.5 Å². The highest BCUT2D eigenvalue weighted by atomic mass is 19.1. The minimum Gasteiger partial charge on any atom is -0.471 e. The molecule has 2 heterocycles. The van der Waals surface area contributed by atoms with Gasteiger partial charge in [-0.15, -0.1) is 0 Å². The third-order valence-corrected chi connectivity index (χ3v) is 6.07. The summed E-state index contributed by atoms with van der Waals surface area (Å²) in [5.74, 6) is -1.46. The molecule has 0 radical (unpaired) electrons. The van der Waals surface area contributed by atoms with Crippen molar-refractivity contribution in [1.29, 1.82) is 0 Å². The number of ether oxygens (including phenoxy) is 1. The number of amides is 1. The van der Waals surface area contributed by atoms with Gasteiger partial charge in [-0.2, -0.15) is 4.98 Å². The second kappa shape index (κ2) is 9.46. The van der Waals surface area contributed by atoms with Gasteiger partial charge in [-0.3, -0.25) is 4.79 Å². The number of unbranched alkanes of at least 4 members (excludes halogenated alkanes) is 1. The van der Waals surface area contributed by atoms with Gasteiger partial charge in [0.05, 0.1) is 11.4 Å². The standard InChI is InChI=1S/C25H27F2N5O3/c1-3-18-21(22(28)31-24(29)30-18)14-6-7-20-19(10-14)32(8-4-5-9-33)23(34)25(2,35-20)15-11-16(26)13-17(27)12-15/h6-7,10-13,33H,3-5,8-9H2,1-2H3,(H4,28,29,30,31). The second-order valence-electron chi connectivity index (χ2n) is 8.51. The van der Waals surface area contributed by atoms with E-state index in [1.807, 2.05) is 6.92 Å².